The number of aliphatic carboxylic acids is 1. The molecule has 1 saturated carbocycles. The molecule has 4 nitrogen and oxygen atoms in total. The van der Waals surface area contributed by atoms with Gasteiger partial charge in [0.2, 0.25) is 5.91 Å². The van der Waals surface area contributed by atoms with Crippen molar-refractivity contribution in [1.29, 1.82) is 0 Å². The number of hydrogen-bond acceptors (Lipinski definition) is 2. The number of rotatable bonds is 5. The summed E-state index contributed by atoms with van der Waals surface area (Å²) < 4.78 is 0. The van der Waals surface area contributed by atoms with Crippen molar-refractivity contribution in [2.24, 2.45) is 11.8 Å². The van der Waals surface area contributed by atoms with Crippen LogP contribution in [0.1, 0.15) is 46.0 Å². The minimum Gasteiger partial charge on any atom is -0.481 e. The molecule has 1 rings (SSSR count). The molecule has 1 fully saturated rings. The van der Waals surface area contributed by atoms with Crippen LogP contribution in [-0.4, -0.2) is 35.0 Å². The van der Waals surface area contributed by atoms with Crippen LogP contribution in [-0.2, 0) is 9.59 Å². The van der Waals surface area contributed by atoms with Crippen molar-refractivity contribution in [3.63, 3.8) is 0 Å². The highest BCUT2D eigenvalue weighted by atomic mass is 16.4. The molecule has 0 aromatic rings. The standard InChI is InChI=1S/C13H23NO3/c1-3-9-14(4-2)12(15)10-7-5-6-8-11(10)13(16)17/h10-11H,3-9H2,1-2H3,(H,16,17). The first-order valence-corrected chi connectivity index (χ1v) is 6.63. The number of carbonyl (C=O) groups is 2. The average molecular weight is 241 g/mol. The highest BCUT2D eigenvalue weighted by molar-refractivity contribution is 5.85. The summed E-state index contributed by atoms with van der Waals surface area (Å²) in [5.74, 6) is -1.54. The third-order valence-corrected chi connectivity index (χ3v) is 3.59. The molecule has 1 aliphatic rings. The van der Waals surface area contributed by atoms with E-state index < -0.39 is 11.9 Å². The fraction of sp³-hybridized carbons (Fsp3) is 0.846. The number of carbonyl (C=O) groups excluding carboxylic acids is 1. The highest BCUT2D eigenvalue weighted by Gasteiger charge is 2.37. The summed E-state index contributed by atoms with van der Waals surface area (Å²) in [6.07, 6.45) is 4.21. The number of hydrogen-bond donors (Lipinski definition) is 1. The van der Waals surface area contributed by atoms with Gasteiger partial charge in [0.05, 0.1) is 11.8 Å². The van der Waals surface area contributed by atoms with E-state index in [0.717, 1.165) is 32.2 Å². The lowest BCUT2D eigenvalue weighted by atomic mass is 9.78. The van der Waals surface area contributed by atoms with E-state index >= 15 is 0 Å². The molecule has 0 aliphatic heterocycles. The van der Waals surface area contributed by atoms with Gasteiger partial charge in [-0.3, -0.25) is 9.59 Å². The number of carboxylic acids is 1. The summed E-state index contributed by atoms with van der Waals surface area (Å²) in [7, 11) is 0. The van der Waals surface area contributed by atoms with Crippen molar-refractivity contribution >= 4 is 11.9 Å². The van der Waals surface area contributed by atoms with Crippen LogP contribution >= 0.6 is 0 Å². The fourth-order valence-corrected chi connectivity index (χ4v) is 2.65. The number of amides is 1. The quantitative estimate of drug-likeness (QED) is 0.802. The second-order valence-corrected chi connectivity index (χ2v) is 4.75. The molecule has 1 N–H and O–H groups in total. The Hall–Kier alpha value is -1.06. The molecule has 2 atom stereocenters. The molecule has 0 bridgehead atoms. The van der Waals surface area contributed by atoms with Gasteiger partial charge < -0.3 is 10.0 Å². The van der Waals surface area contributed by atoms with Crippen molar-refractivity contribution in [3.8, 4) is 0 Å². The Morgan fingerprint density at radius 2 is 1.76 bits per heavy atom. The third kappa shape index (κ3) is 3.45. The van der Waals surface area contributed by atoms with E-state index in [0.29, 0.717) is 13.0 Å². The molecule has 17 heavy (non-hydrogen) atoms. The second kappa shape index (κ2) is 6.62. The first-order chi connectivity index (χ1) is 8.11. The summed E-state index contributed by atoms with van der Waals surface area (Å²) >= 11 is 0. The van der Waals surface area contributed by atoms with Crippen molar-refractivity contribution in [2.75, 3.05) is 13.1 Å². The molecule has 0 aromatic heterocycles. The first-order valence-electron chi connectivity index (χ1n) is 6.63. The first kappa shape index (κ1) is 14.0. The highest BCUT2D eigenvalue weighted by Crippen LogP contribution is 2.31. The molecule has 0 spiro atoms. The van der Waals surface area contributed by atoms with Gasteiger partial charge in [0.15, 0.2) is 0 Å². The van der Waals surface area contributed by atoms with Crippen LogP contribution < -0.4 is 0 Å². The summed E-state index contributed by atoms with van der Waals surface area (Å²) in [5, 5.41) is 9.17. The van der Waals surface area contributed by atoms with Gasteiger partial charge in [-0.2, -0.15) is 0 Å². The predicted molar refractivity (Wildman–Crippen MR) is 65.6 cm³/mol. The van der Waals surface area contributed by atoms with E-state index in [1.807, 2.05) is 13.8 Å². The second-order valence-electron chi connectivity index (χ2n) is 4.75. The molecule has 0 saturated heterocycles. The monoisotopic (exact) mass is 241 g/mol. The van der Waals surface area contributed by atoms with Crippen LogP contribution in [0.15, 0.2) is 0 Å². The van der Waals surface area contributed by atoms with Crippen LogP contribution in [0.2, 0.25) is 0 Å². The third-order valence-electron chi connectivity index (χ3n) is 3.59. The molecule has 2 unspecified atom stereocenters. The topological polar surface area (TPSA) is 57.6 Å². The van der Waals surface area contributed by atoms with E-state index in [1.54, 1.807) is 4.90 Å². The number of nitrogens with zero attached hydrogens (tertiary/aromatic N) is 1. The van der Waals surface area contributed by atoms with Crippen molar-refractivity contribution in [2.45, 2.75) is 46.0 Å². The van der Waals surface area contributed by atoms with Gasteiger partial charge in [0.25, 0.3) is 0 Å². The van der Waals surface area contributed by atoms with Gasteiger partial charge in [-0.25, -0.2) is 0 Å². The van der Waals surface area contributed by atoms with E-state index in [1.165, 1.54) is 0 Å². The number of carboxylic acid groups (broad SMARTS) is 1. The Morgan fingerprint density at radius 1 is 1.18 bits per heavy atom. The Balaban J connectivity index is 2.73. The molecule has 1 amide bonds. The Morgan fingerprint density at radius 3 is 2.24 bits per heavy atom. The lowest BCUT2D eigenvalue weighted by Crippen LogP contribution is -2.42. The van der Waals surface area contributed by atoms with Crippen LogP contribution in [0.4, 0.5) is 0 Å². The molecule has 0 heterocycles. The fourth-order valence-electron chi connectivity index (χ4n) is 2.65. The lowest BCUT2D eigenvalue weighted by Gasteiger charge is -2.32. The minimum absolute atomic E-state index is 0.0430. The lowest BCUT2D eigenvalue weighted by molar-refractivity contribution is -0.152. The van der Waals surface area contributed by atoms with Crippen LogP contribution in [0.25, 0.3) is 0 Å². The Labute approximate surface area is 103 Å². The van der Waals surface area contributed by atoms with E-state index in [2.05, 4.69) is 0 Å². The van der Waals surface area contributed by atoms with E-state index in [4.69, 9.17) is 0 Å². The van der Waals surface area contributed by atoms with Gasteiger partial charge in [-0.05, 0) is 26.2 Å². The summed E-state index contributed by atoms with van der Waals surface area (Å²) in [5.41, 5.74) is 0. The molecule has 0 aromatic carbocycles. The Kier molecular flexibility index (Phi) is 5.45. The average Bonchev–Trinajstić information content (AvgIpc) is 2.35. The largest absolute Gasteiger partial charge is 0.481 e. The van der Waals surface area contributed by atoms with E-state index in [-0.39, 0.29) is 11.8 Å². The molecular formula is C13H23NO3. The maximum Gasteiger partial charge on any atom is 0.307 e. The van der Waals surface area contributed by atoms with Crippen LogP contribution in [0, 0.1) is 11.8 Å². The summed E-state index contributed by atoms with van der Waals surface area (Å²) in [6.45, 7) is 5.39. The predicted octanol–water partition coefficient (Wildman–Crippen LogP) is 2.14. The van der Waals surface area contributed by atoms with Crippen LogP contribution in [0.5, 0.6) is 0 Å². The molecule has 0 radical (unpaired) electrons. The molecule has 98 valence electrons. The normalized spacial score (nSPS) is 24.4. The maximum absolute atomic E-state index is 12.3. The van der Waals surface area contributed by atoms with Gasteiger partial charge in [-0.15, -0.1) is 0 Å². The zero-order valence-corrected chi connectivity index (χ0v) is 10.8. The van der Waals surface area contributed by atoms with Gasteiger partial charge in [0, 0.05) is 13.1 Å². The molecular weight excluding hydrogens is 218 g/mol. The summed E-state index contributed by atoms with van der Waals surface area (Å²) in [4.78, 5) is 25.3. The zero-order valence-electron chi connectivity index (χ0n) is 10.8. The van der Waals surface area contributed by atoms with Crippen molar-refractivity contribution in [3.05, 3.63) is 0 Å². The Bertz CT molecular complexity index is 278. The SMILES string of the molecule is CCCN(CC)C(=O)C1CCCCC1C(=O)O. The maximum atomic E-state index is 12.3. The zero-order chi connectivity index (χ0) is 12.8. The molecule has 1 aliphatic carbocycles. The van der Waals surface area contributed by atoms with Gasteiger partial charge in [-0.1, -0.05) is 19.8 Å². The summed E-state index contributed by atoms with van der Waals surface area (Å²) in [6, 6.07) is 0. The van der Waals surface area contributed by atoms with Crippen LogP contribution in [0.3, 0.4) is 0 Å². The minimum atomic E-state index is -0.810. The van der Waals surface area contributed by atoms with Crippen molar-refractivity contribution in [1.82, 2.24) is 4.90 Å². The van der Waals surface area contributed by atoms with E-state index in [9.17, 15) is 14.7 Å². The molecule has 4 heteroatoms. The van der Waals surface area contributed by atoms with Crippen molar-refractivity contribution < 1.29 is 14.7 Å². The smallest absolute Gasteiger partial charge is 0.307 e. The van der Waals surface area contributed by atoms with Gasteiger partial charge in [0.1, 0.15) is 0 Å². The van der Waals surface area contributed by atoms with Gasteiger partial charge >= 0.3 is 5.97 Å².